The molecule has 2 N–H and O–H groups in total. The van der Waals surface area contributed by atoms with Crippen LogP contribution in [0.5, 0.6) is 5.75 Å². The van der Waals surface area contributed by atoms with Crippen LogP contribution in [0.4, 0.5) is 10.2 Å². The lowest BCUT2D eigenvalue weighted by Gasteiger charge is -2.33. The minimum Gasteiger partial charge on any atom is -0.497 e. The summed E-state index contributed by atoms with van der Waals surface area (Å²) in [5.41, 5.74) is 2.65. The first-order valence-electron chi connectivity index (χ1n) is 10.1. The highest BCUT2D eigenvalue weighted by molar-refractivity contribution is 5.79. The third-order valence-electron chi connectivity index (χ3n) is 5.33. The molecule has 0 spiro atoms. The quantitative estimate of drug-likeness (QED) is 0.654. The predicted molar refractivity (Wildman–Crippen MR) is 114 cm³/mol. The molecule has 0 bridgehead atoms. The number of carbonyl (C=O) groups excluding carboxylic acids is 1. The fourth-order valence-corrected chi connectivity index (χ4v) is 3.80. The lowest BCUT2D eigenvalue weighted by Crippen LogP contribution is -2.48. The zero-order chi connectivity index (χ0) is 20.9. The van der Waals surface area contributed by atoms with Crippen molar-refractivity contribution in [2.45, 2.75) is 25.3 Å². The van der Waals surface area contributed by atoms with Gasteiger partial charge in [-0.05, 0) is 60.4 Å². The van der Waals surface area contributed by atoms with Gasteiger partial charge in [0.25, 0.3) is 0 Å². The van der Waals surface area contributed by atoms with E-state index in [1.165, 1.54) is 12.1 Å². The number of nitrogens with zero attached hydrogens (tertiary/aromatic N) is 2. The van der Waals surface area contributed by atoms with Gasteiger partial charge in [-0.3, -0.25) is 9.89 Å². The number of rotatable bonds is 6. The molecule has 0 aliphatic carbocycles. The Morgan fingerprint density at radius 1 is 1.27 bits per heavy atom. The number of piperidine rings is 1. The molecule has 4 rings (SSSR count). The van der Waals surface area contributed by atoms with Gasteiger partial charge in [-0.2, -0.15) is 5.10 Å². The van der Waals surface area contributed by atoms with Crippen LogP contribution in [0.1, 0.15) is 18.4 Å². The van der Waals surface area contributed by atoms with E-state index in [1.54, 1.807) is 19.2 Å². The minimum absolute atomic E-state index is 0.00383. The molecule has 6 nitrogen and oxygen atoms in total. The van der Waals surface area contributed by atoms with Gasteiger partial charge >= 0.3 is 0 Å². The summed E-state index contributed by atoms with van der Waals surface area (Å²) < 4.78 is 18.4. The highest BCUT2D eigenvalue weighted by Gasteiger charge is 2.23. The average molecular weight is 408 g/mol. The Morgan fingerprint density at radius 3 is 2.90 bits per heavy atom. The van der Waals surface area contributed by atoms with Gasteiger partial charge in [0.1, 0.15) is 11.6 Å². The van der Waals surface area contributed by atoms with E-state index in [0.717, 1.165) is 47.8 Å². The second kappa shape index (κ2) is 8.98. The summed E-state index contributed by atoms with van der Waals surface area (Å²) in [4.78, 5) is 14.7. The molecule has 1 aliphatic heterocycles. The lowest BCUT2D eigenvalue weighted by molar-refractivity contribution is -0.121. The number of carbonyl (C=O) groups is 1. The van der Waals surface area contributed by atoms with Gasteiger partial charge in [-0.25, -0.2) is 4.39 Å². The van der Waals surface area contributed by atoms with Crippen LogP contribution in [-0.4, -0.2) is 42.3 Å². The number of hydrogen-bond donors (Lipinski definition) is 2. The maximum absolute atomic E-state index is 13.1. The number of aromatic nitrogens is 2. The Hall–Kier alpha value is -3.35. The maximum atomic E-state index is 13.1. The van der Waals surface area contributed by atoms with Crippen molar-refractivity contribution >= 4 is 11.7 Å². The number of H-pyrrole nitrogens is 1. The second-order valence-corrected chi connectivity index (χ2v) is 7.53. The Morgan fingerprint density at radius 2 is 2.10 bits per heavy atom. The van der Waals surface area contributed by atoms with E-state index < -0.39 is 0 Å². The number of hydrogen-bond acceptors (Lipinski definition) is 4. The van der Waals surface area contributed by atoms with Crippen LogP contribution in [0.3, 0.4) is 0 Å². The molecule has 2 heterocycles. The number of amides is 1. The standard InChI is InChI=1S/C23H25FN4O2/c1-30-20-6-2-4-16(12-20)13-23(29)25-19-5-3-11-28(15-19)22-14-21(26-27-22)17-7-9-18(24)10-8-17/h2,4,6-10,12,14,19H,3,5,11,13,15H2,1H3,(H,25,29)(H,26,27)/t19-/m0/s1. The van der Waals surface area contributed by atoms with Crippen molar-refractivity contribution in [3.05, 3.63) is 66.0 Å². The monoisotopic (exact) mass is 408 g/mol. The minimum atomic E-state index is -0.262. The van der Waals surface area contributed by atoms with Crippen molar-refractivity contribution in [1.82, 2.24) is 15.5 Å². The second-order valence-electron chi connectivity index (χ2n) is 7.53. The van der Waals surface area contributed by atoms with Gasteiger partial charge < -0.3 is 15.0 Å². The van der Waals surface area contributed by atoms with Gasteiger partial charge in [0.15, 0.2) is 5.82 Å². The van der Waals surface area contributed by atoms with Gasteiger partial charge in [0.05, 0.1) is 19.2 Å². The summed E-state index contributed by atoms with van der Waals surface area (Å²) in [7, 11) is 1.62. The number of methoxy groups -OCH3 is 1. The summed E-state index contributed by atoms with van der Waals surface area (Å²) in [6.07, 6.45) is 2.24. The SMILES string of the molecule is COc1cccc(CC(=O)N[C@H]2CCCN(c3cc(-c4ccc(F)cc4)[nH]n3)C2)c1. The normalized spacial score (nSPS) is 16.3. The number of aromatic amines is 1. The van der Waals surface area contributed by atoms with Crippen LogP contribution in [-0.2, 0) is 11.2 Å². The van der Waals surface area contributed by atoms with E-state index in [0.29, 0.717) is 13.0 Å². The fraction of sp³-hybridized carbons (Fsp3) is 0.304. The van der Waals surface area contributed by atoms with Crippen molar-refractivity contribution in [3.63, 3.8) is 0 Å². The van der Waals surface area contributed by atoms with Gasteiger partial charge in [0.2, 0.25) is 5.91 Å². The summed E-state index contributed by atoms with van der Waals surface area (Å²) in [6, 6.07) is 15.9. The largest absolute Gasteiger partial charge is 0.497 e. The number of anilines is 1. The van der Waals surface area contributed by atoms with Crippen LogP contribution in [0, 0.1) is 5.82 Å². The van der Waals surface area contributed by atoms with Gasteiger partial charge in [0, 0.05) is 25.2 Å². The van der Waals surface area contributed by atoms with Crippen LogP contribution in [0.25, 0.3) is 11.3 Å². The summed E-state index contributed by atoms with van der Waals surface area (Å²) in [5.74, 6) is 1.33. The summed E-state index contributed by atoms with van der Waals surface area (Å²) >= 11 is 0. The zero-order valence-corrected chi connectivity index (χ0v) is 16.9. The number of ether oxygens (including phenoxy) is 1. The van der Waals surface area contributed by atoms with Crippen molar-refractivity contribution in [2.75, 3.05) is 25.1 Å². The molecule has 2 aromatic carbocycles. The van der Waals surface area contributed by atoms with Crippen molar-refractivity contribution in [2.24, 2.45) is 0 Å². The molecule has 1 aliphatic rings. The van der Waals surface area contributed by atoms with Crippen LogP contribution < -0.4 is 15.0 Å². The van der Waals surface area contributed by atoms with Gasteiger partial charge in [-0.15, -0.1) is 0 Å². The van der Waals surface area contributed by atoms with Crippen molar-refractivity contribution in [1.29, 1.82) is 0 Å². The fourth-order valence-electron chi connectivity index (χ4n) is 3.80. The van der Waals surface area contributed by atoms with E-state index in [4.69, 9.17) is 4.74 Å². The molecule has 1 amide bonds. The van der Waals surface area contributed by atoms with Gasteiger partial charge in [-0.1, -0.05) is 12.1 Å². The molecule has 0 unspecified atom stereocenters. The zero-order valence-electron chi connectivity index (χ0n) is 16.9. The van der Waals surface area contributed by atoms with E-state index in [-0.39, 0.29) is 17.8 Å². The molecule has 156 valence electrons. The van der Waals surface area contributed by atoms with Crippen LogP contribution >= 0.6 is 0 Å². The first kappa shape index (κ1) is 19.9. The molecule has 0 radical (unpaired) electrons. The Kier molecular flexibility index (Phi) is 5.97. The lowest BCUT2D eigenvalue weighted by atomic mass is 10.0. The van der Waals surface area contributed by atoms with Crippen LogP contribution in [0.15, 0.2) is 54.6 Å². The molecular formula is C23H25FN4O2. The highest BCUT2D eigenvalue weighted by atomic mass is 19.1. The molecular weight excluding hydrogens is 383 g/mol. The number of benzene rings is 2. The molecule has 7 heteroatoms. The van der Waals surface area contributed by atoms with E-state index in [1.807, 2.05) is 30.3 Å². The summed E-state index contributed by atoms with van der Waals surface area (Å²) in [6.45, 7) is 1.59. The summed E-state index contributed by atoms with van der Waals surface area (Å²) in [5, 5.41) is 10.6. The van der Waals surface area contributed by atoms with E-state index in [2.05, 4.69) is 20.4 Å². The molecule has 0 saturated carbocycles. The van der Waals surface area contributed by atoms with E-state index >= 15 is 0 Å². The van der Waals surface area contributed by atoms with Crippen molar-refractivity contribution < 1.29 is 13.9 Å². The average Bonchev–Trinajstić information content (AvgIpc) is 3.25. The smallest absolute Gasteiger partial charge is 0.224 e. The highest BCUT2D eigenvalue weighted by Crippen LogP contribution is 2.24. The molecule has 30 heavy (non-hydrogen) atoms. The molecule has 1 aromatic heterocycles. The molecule has 3 aromatic rings. The van der Waals surface area contributed by atoms with Crippen molar-refractivity contribution in [3.8, 4) is 17.0 Å². The maximum Gasteiger partial charge on any atom is 0.224 e. The topological polar surface area (TPSA) is 70.2 Å². The molecule has 1 saturated heterocycles. The number of nitrogens with one attached hydrogen (secondary N) is 2. The van der Waals surface area contributed by atoms with E-state index in [9.17, 15) is 9.18 Å². The molecule has 1 fully saturated rings. The first-order valence-corrected chi connectivity index (χ1v) is 10.1. The number of halogens is 1. The third kappa shape index (κ3) is 4.79. The molecule has 1 atom stereocenters. The predicted octanol–water partition coefficient (Wildman–Crippen LogP) is 3.55. The third-order valence-corrected chi connectivity index (χ3v) is 5.33. The first-order chi connectivity index (χ1) is 14.6. The van der Waals surface area contributed by atoms with Crippen LogP contribution in [0.2, 0.25) is 0 Å². The Balaban J connectivity index is 1.36. The Labute approximate surface area is 175 Å². The Bertz CT molecular complexity index is 1000.